The van der Waals surface area contributed by atoms with Crippen molar-refractivity contribution in [2.45, 2.75) is 0 Å². The number of hydrogen-bond acceptors (Lipinski definition) is 6. The Morgan fingerprint density at radius 2 is 2.25 bits per heavy atom. The van der Waals surface area contributed by atoms with Gasteiger partial charge in [-0.15, -0.1) is 0 Å². The van der Waals surface area contributed by atoms with Crippen molar-refractivity contribution in [1.82, 2.24) is 5.16 Å². The molecule has 1 aromatic carbocycles. The predicted octanol–water partition coefficient (Wildman–Crippen LogP) is 2.09. The van der Waals surface area contributed by atoms with Crippen LogP contribution in [0.3, 0.4) is 0 Å². The number of hydrogen-bond donors (Lipinski definition) is 1. The third-order valence-electron chi connectivity index (χ3n) is 2.24. The maximum Gasteiger partial charge on any atom is 0.396 e. The highest BCUT2D eigenvalue weighted by molar-refractivity contribution is 7.16. The fourth-order valence-corrected chi connectivity index (χ4v) is 2.15. The Kier molecular flexibility index (Phi) is 1.84. The van der Waals surface area contributed by atoms with Gasteiger partial charge in [-0.3, -0.25) is 0 Å². The van der Waals surface area contributed by atoms with Crippen molar-refractivity contribution in [1.29, 1.82) is 0 Å². The summed E-state index contributed by atoms with van der Waals surface area (Å²) < 4.78 is 10.6. The molecule has 0 aliphatic heterocycles. The van der Waals surface area contributed by atoms with Crippen LogP contribution >= 0.6 is 11.3 Å². The van der Waals surface area contributed by atoms with Crippen molar-refractivity contribution in [2.24, 2.45) is 0 Å². The summed E-state index contributed by atoms with van der Waals surface area (Å²) in [5, 5.41) is 3.59. The Morgan fingerprint density at radius 3 is 3.00 bits per heavy atom. The zero-order valence-corrected chi connectivity index (χ0v) is 8.78. The molecule has 0 bridgehead atoms. The number of nitrogens with two attached hydrogens (primary N) is 1. The van der Waals surface area contributed by atoms with Gasteiger partial charge in [-0.25, -0.2) is 4.79 Å². The lowest BCUT2D eigenvalue weighted by molar-refractivity contribution is 0.436. The summed E-state index contributed by atoms with van der Waals surface area (Å²) in [6.07, 6.45) is 1.53. The van der Waals surface area contributed by atoms with Crippen molar-refractivity contribution >= 4 is 27.5 Å². The lowest BCUT2D eigenvalue weighted by Crippen LogP contribution is -1.84. The van der Waals surface area contributed by atoms with Gasteiger partial charge in [0.15, 0.2) is 0 Å². The van der Waals surface area contributed by atoms with Gasteiger partial charge in [-0.2, -0.15) is 0 Å². The van der Waals surface area contributed by atoms with E-state index in [0.29, 0.717) is 11.1 Å². The van der Waals surface area contributed by atoms with Gasteiger partial charge in [-0.05, 0) is 17.7 Å². The van der Waals surface area contributed by atoms with Crippen molar-refractivity contribution < 1.29 is 8.94 Å². The highest BCUT2D eigenvalue weighted by Gasteiger charge is 2.09. The lowest BCUT2D eigenvalue weighted by Gasteiger charge is -1.96. The van der Waals surface area contributed by atoms with Crippen LogP contribution in [0.1, 0.15) is 0 Å². The summed E-state index contributed by atoms with van der Waals surface area (Å²) in [7, 11) is 0. The van der Waals surface area contributed by atoms with E-state index in [1.807, 2.05) is 12.1 Å². The van der Waals surface area contributed by atoms with Crippen LogP contribution in [0.2, 0.25) is 0 Å². The minimum atomic E-state index is -0.314. The van der Waals surface area contributed by atoms with Crippen molar-refractivity contribution in [3.05, 3.63) is 34.1 Å². The third-order valence-corrected chi connectivity index (χ3v) is 3.05. The molecule has 3 aromatic rings. The summed E-state index contributed by atoms with van der Waals surface area (Å²) in [6.45, 7) is 0. The Labute approximate surface area is 93.1 Å². The standard InChI is InChI=1S/C10H6N2O3S/c11-9-6(4-12-15-9)5-1-2-8-7(3-5)14-10(13)16-8/h1-4H,11H2. The van der Waals surface area contributed by atoms with Crippen LogP contribution in [0.25, 0.3) is 21.4 Å². The van der Waals surface area contributed by atoms with Crippen LogP contribution in [0.4, 0.5) is 5.88 Å². The number of nitrogen functional groups attached to an aromatic ring is 1. The number of benzene rings is 1. The molecule has 0 spiro atoms. The highest BCUT2D eigenvalue weighted by Crippen LogP contribution is 2.29. The molecule has 6 heteroatoms. The second-order valence-corrected chi connectivity index (χ2v) is 4.20. The molecular weight excluding hydrogens is 228 g/mol. The van der Waals surface area contributed by atoms with E-state index in [1.54, 1.807) is 6.07 Å². The summed E-state index contributed by atoms with van der Waals surface area (Å²) in [4.78, 5) is 10.7. The number of anilines is 1. The molecule has 0 amide bonds. The van der Waals surface area contributed by atoms with Crippen LogP contribution in [-0.4, -0.2) is 5.16 Å². The third kappa shape index (κ3) is 1.31. The molecule has 0 radical (unpaired) electrons. The molecule has 16 heavy (non-hydrogen) atoms. The van der Waals surface area contributed by atoms with Crippen molar-refractivity contribution in [3.8, 4) is 11.1 Å². The van der Waals surface area contributed by atoms with E-state index in [4.69, 9.17) is 14.7 Å². The SMILES string of the molecule is Nc1oncc1-c1ccc2sc(=O)oc2c1. The van der Waals surface area contributed by atoms with Crippen molar-refractivity contribution in [3.63, 3.8) is 0 Å². The van der Waals surface area contributed by atoms with E-state index in [2.05, 4.69) is 5.16 Å². The van der Waals surface area contributed by atoms with Crippen LogP contribution in [-0.2, 0) is 0 Å². The number of nitrogens with zero attached hydrogens (tertiary/aromatic N) is 1. The van der Waals surface area contributed by atoms with Crippen LogP contribution < -0.4 is 10.7 Å². The molecule has 0 saturated carbocycles. The molecule has 0 fully saturated rings. The van der Waals surface area contributed by atoms with E-state index in [0.717, 1.165) is 21.6 Å². The second kappa shape index (κ2) is 3.21. The molecule has 0 unspecified atom stereocenters. The van der Waals surface area contributed by atoms with E-state index >= 15 is 0 Å². The molecule has 0 atom stereocenters. The molecule has 3 rings (SSSR count). The van der Waals surface area contributed by atoms with Crippen LogP contribution in [0, 0.1) is 0 Å². The zero-order valence-electron chi connectivity index (χ0n) is 7.97. The van der Waals surface area contributed by atoms with Crippen molar-refractivity contribution in [2.75, 3.05) is 5.73 Å². The number of fused-ring (bicyclic) bond motifs is 1. The number of rotatable bonds is 1. The lowest BCUT2D eigenvalue weighted by atomic mass is 10.1. The number of aromatic nitrogens is 1. The summed E-state index contributed by atoms with van der Waals surface area (Å²) in [5.41, 5.74) is 7.66. The average molecular weight is 234 g/mol. The molecule has 0 aliphatic rings. The largest absolute Gasteiger partial charge is 0.414 e. The first-order valence-corrected chi connectivity index (χ1v) is 5.30. The molecule has 5 nitrogen and oxygen atoms in total. The Bertz CT molecular complexity index is 710. The maximum absolute atomic E-state index is 11.0. The first kappa shape index (κ1) is 9.17. The minimum Gasteiger partial charge on any atom is -0.414 e. The Morgan fingerprint density at radius 1 is 1.38 bits per heavy atom. The first-order chi connectivity index (χ1) is 7.74. The van der Waals surface area contributed by atoms with Gasteiger partial charge < -0.3 is 14.7 Å². The normalized spacial score (nSPS) is 11.0. The van der Waals surface area contributed by atoms with Gasteiger partial charge in [0.1, 0.15) is 5.58 Å². The molecule has 0 aliphatic carbocycles. The van der Waals surface area contributed by atoms with E-state index < -0.39 is 0 Å². The van der Waals surface area contributed by atoms with Gasteiger partial charge in [-0.1, -0.05) is 22.6 Å². The topological polar surface area (TPSA) is 82.3 Å². The van der Waals surface area contributed by atoms with Gasteiger partial charge in [0.05, 0.1) is 16.5 Å². The van der Waals surface area contributed by atoms with E-state index in [1.165, 1.54) is 6.20 Å². The zero-order chi connectivity index (χ0) is 11.1. The molecule has 2 N–H and O–H groups in total. The summed E-state index contributed by atoms with van der Waals surface area (Å²) >= 11 is 1.07. The smallest absolute Gasteiger partial charge is 0.396 e. The fourth-order valence-electron chi connectivity index (χ4n) is 1.51. The Balaban J connectivity index is 2.26. The van der Waals surface area contributed by atoms with Gasteiger partial charge in [0.2, 0.25) is 5.88 Å². The van der Waals surface area contributed by atoms with E-state index in [9.17, 15) is 4.79 Å². The predicted molar refractivity (Wildman–Crippen MR) is 60.3 cm³/mol. The Hall–Kier alpha value is -2.08. The molecular formula is C10H6N2O3S. The monoisotopic (exact) mass is 234 g/mol. The highest BCUT2D eigenvalue weighted by atomic mass is 32.1. The van der Waals surface area contributed by atoms with Crippen LogP contribution in [0.5, 0.6) is 0 Å². The maximum atomic E-state index is 11.0. The summed E-state index contributed by atoms with van der Waals surface area (Å²) in [5.74, 6) is 0.247. The quantitative estimate of drug-likeness (QED) is 0.697. The summed E-state index contributed by atoms with van der Waals surface area (Å²) in [6, 6.07) is 5.40. The molecule has 80 valence electrons. The second-order valence-electron chi connectivity index (χ2n) is 3.22. The molecule has 2 aromatic heterocycles. The average Bonchev–Trinajstić information content (AvgIpc) is 2.81. The van der Waals surface area contributed by atoms with Gasteiger partial charge >= 0.3 is 4.94 Å². The molecule has 0 saturated heterocycles. The first-order valence-electron chi connectivity index (χ1n) is 4.48. The van der Waals surface area contributed by atoms with Gasteiger partial charge in [0.25, 0.3) is 0 Å². The fraction of sp³-hybridized carbons (Fsp3) is 0. The molecule has 2 heterocycles. The van der Waals surface area contributed by atoms with Gasteiger partial charge in [0, 0.05) is 0 Å². The minimum absolute atomic E-state index is 0.247. The van der Waals surface area contributed by atoms with Crippen LogP contribution in [0.15, 0.2) is 38.1 Å². The van der Waals surface area contributed by atoms with E-state index in [-0.39, 0.29) is 10.8 Å².